The number of esters is 1. The molecule has 29 heavy (non-hydrogen) atoms. The summed E-state index contributed by atoms with van der Waals surface area (Å²) in [5.74, 6) is -1.85. The lowest BCUT2D eigenvalue weighted by Gasteiger charge is -2.41. The van der Waals surface area contributed by atoms with Crippen LogP contribution in [0.4, 0.5) is 4.79 Å². The molecule has 0 spiro atoms. The highest BCUT2D eigenvalue weighted by Crippen LogP contribution is 2.40. The van der Waals surface area contributed by atoms with E-state index in [1.807, 2.05) is 13.8 Å². The van der Waals surface area contributed by atoms with Crippen molar-refractivity contribution in [2.75, 3.05) is 14.2 Å². The Morgan fingerprint density at radius 3 is 2.17 bits per heavy atom. The van der Waals surface area contributed by atoms with Crippen molar-refractivity contribution in [2.24, 2.45) is 17.8 Å². The minimum Gasteiger partial charge on any atom is -0.469 e. The van der Waals surface area contributed by atoms with Crippen LogP contribution in [0.15, 0.2) is 0 Å². The van der Waals surface area contributed by atoms with Crippen molar-refractivity contribution in [1.82, 2.24) is 10.2 Å². The van der Waals surface area contributed by atoms with Gasteiger partial charge in [-0.2, -0.15) is 0 Å². The Hall–Kier alpha value is -1.83. The molecular weight excluding hydrogens is 376 g/mol. The highest BCUT2D eigenvalue weighted by Gasteiger charge is 2.52. The number of nitrogens with one attached hydrogen (secondary N) is 1. The van der Waals surface area contributed by atoms with Crippen molar-refractivity contribution in [3.63, 3.8) is 0 Å². The second-order valence-electron chi connectivity index (χ2n) is 8.88. The zero-order valence-corrected chi connectivity index (χ0v) is 19.0. The Morgan fingerprint density at radius 1 is 1.21 bits per heavy atom. The molecule has 0 radical (unpaired) electrons. The topological polar surface area (TPSA) is 105 Å². The molecule has 0 heterocycles. The number of nitrogens with zero attached hydrogens (tertiary/aromatic N) is 1. The van der Waals surface area contributed by atoms with E-state index in [1.54, 1.807) is 32.7 Å². The van der Waals surface area contributed by atoms with E-state index >= 15 is 0 Å². The number of amides is 2. The number of hydrogen-bond donors (Lipinski definition) is 2. The van der Waals surface area contributed by atoms with E-state index in [0.717, 1.165) is 12.8 Å². The van der Waals surface area contributed by atoms with Gasteiger partial charge in [-0.15, -0.1) is 0 Å². The van der Waals surface area contributed by atoms with Crippen LogP contribution in [0.1, 0.15) is 60.8 Å². The molecule has 0 aromatic heterocycles. The van der Waals surface area contributed by atoms with Gasteiger partial charge in [0.1, 0.15) is 5.60 Å². The van der Waals surface area contributed by atoms with Gasteiger partial charge in [-0.1, -0.05) is 26.7 Å². The number of rotatable bonds is 7. The Labute approximate surface area is 174 Å². The minimum atomic E-state index is -1.05. The van der Waals surface area contributed by atoms with Crippen molar-refractivity contribution in [3.05, 3.63) is 0 Å². The van der Waals surface area contributed by atoms with Gasteiger partial charge in [0.2, 0.25) is 5.91 Å². The van der Waals surface area contributed by atoms with Gasteiger partial charge >= 0.3 is 12.1 Å². The molecule has 0 aromatic carbocycles. The number of carbonyl (C=O) groups is 3. The normalized spacial score (nSPS) is 25.4. The van der Waals surface area contributed by atoms with Crippen LogP contribution < -0.4 is 5.32 Å². The first-order valence-electron chi connectivity index (χ1n) is 10.4. The molecule has 0 aromatic rings. The van der Waals surface area contributed by atoms with Crippen molar-refractivity contribution in [3.8, 4) is 0 Å². The number of carbonyl (C=O) groups excluding carboxylic acids is 3. The second kappa shape index (κ2) is 10.3. The molecule has 0 aliphatic heterocycles. The van der Waals surface area contributed by atoms with E-state index in [9.17, 15) is 19.5 Å². The number of aliphatic hydroxyl groups excluding tert-OH is 1. The molecule has 8 nitrogen and oxygen atoms in total. The largest absolute Gasteiger partial charge is 0.469 e. The number of aliphatic hydroxyl groups is 1. The monoisotopic (exact) mass is 414 g/mol. The van der Waals surface area contributed by atoms with Crippen LogP contribution in [0.3, 0.4) is 0 Å². The fourth-order valence-corrected chi connectivity index (χ4v) is 4.39. The van der Waals surface area contributed by atoms with E-state index in [0.29, 0.717) is 0 Å². The molecular formula is C21H38N2O6. The lowest BCUT2D eigenvalue weighted by Crippen LogP contribution is -2.55. The summed E-state index contributed by atoms with van der Waals surface area (Å²) >= 11 is 0. The summed E-state index contributed by atoms with van der Waals surface area (Å²) in [6.45, 7) is 10.8. The maximum Gasteiger partial charge on any atom is 0.407 e. The fraction of sp³-hybridized carbons (Fsp3) is 0.857. The third kappa shape index (κ3) is 6.32. The quantitative estimate of drug-likeness (QED) is 0.620. The highest BCUT2D eigenvalue weighted by molar-refractivity contribution is 5.75. The van der Waals surface area contributed by atoms with E-state index in [4.69, 9.17) is 9.47 Å². The second-order valence-corrected chi connectivity index (χ2v) is 8.88. The summed E-state index contributed by atoms with van der Waals surface area (Å²) < 4.78 is 10.2. The Bertz CT molecular complexity index is 584. The molecule has 168 valence electrons. The molecule has 2 amide bonds. The first-order valence-corrected chi connectivity index (χ1v) is 10.4. The van der Waals surface area contributed by atoms with Gasteiger partial charge in [0, 0.05) is 32.0 Å². The van der Waals surface area contributed by atoms with E-state index < -0.39 is 41.6 Å². The molecule has 5 unspecified atom stereocenters. The summed E-state index contributed by atoms with van der Waals surface area (Å²) in [5.41, 5.74) is -0.677. The SMILES string of the molecule is CCC(CC)C(C1C(NC(=O)OC(C)(C)C)CC(C(=O)OC)C1O)N(C)C(C)=O. The molecule has 1 aliphatic rings. The number of hydrogen-bond acceptors (Lipinski definition) is 6. The summed E-state index contributed by atoms with van der Waals surface area (Å²) in [4.78, 5) is 38.5. The van der Waals surface area contributed by atoms with Crippen LogP contribution >= 0.6 is 0 Å². The summed E-state index contributed by atoms with van der Waals surface area (Å²) in [6.07, 6.45) is 0.155. The third-order valence-electron chi connectivity index (χ3n) is 5.86. The predicted molar refractivity (Wildman–Crippen MR) is 109 cm³/mol. The van der Waals surface area contributed by atoms with Crippen molar-refractivity contribution >= 4 is 18.0 Å². The summed E-state index contributed by atoms with van der Waals surface area (Å²) in [5, 5.41) is 13.9. The van der Waals surface area contributed by atoms with Gasteiger partial charge in [0.25, 0.3) is 0 Å². The zero-order valence-electron chi connectivity index (χ0n) is 19.0. The average molecular weight is 415 g/mol. The smallest absolute Gasteiger partial charge is 0.407 e. The van der Waals surface area contributed by atoms with Gasteiger partial charge in [-0.3, -0.25) is 9.59 Å². The van der Waals surface area contributed by atoms with Crippen LogP contribution in [-0.2, 0) is 19.1 Å². The Kier molecular flexibility index (Phi) is 8.93. The van der Waals surface area contributed by atoms with Crippen LogP contribution in [-0.4, -0.2) is 65.9 Å². The number of ether oxygens (including phenoxy) is 2. The van der Waals surface area contributed by atoms with Gasteiger partial charge in [0.05, 0.1) is 19.1 Å². The van der Waals surface area contributed by atoms with Gasteiger partial charge < -0.3 is 24.8 Å². The molecule has 1 rings (SSSR count). The number of alkyl carbamates (subject to hydrolysis) is 1. The molecule has 5 atom stereocenters. The van der Waals surface area contributed by atoms with Crippen LogP contribution in [0, 0.1) is 17.8 Å². The standard InChI is InChI=1S/C21H38N2O6/c1-9-13(10-2)17(23(7)12(3)24)16-15(22-20(27)29-21(4,5)6)11-14(18(16)25)19(26)28-8/h13-18,25H,9-11H2,1-8H3,(H,22,27). The van der Waals surface area contributed by atoms with E-state index in [-0.39, 0.29) is 24.3 Å². The summed E-state index contributed by atoms with van der Waals surface area (Å²) in [7, 11) is 2.98. The zero-order chi connectivity index (χ0) is 22.5. The molecule has 1 fully saturated rings. The van der Waals surface area contributed by atoms with Gasteiger partial charge in [0.15, 0.2) is 0 Å². The lowest BCUT2D eigenvalue weighted by molar-refractivity contribution is -0.149. The molecule has 0 bridgehead atoms. The van der Waals surface area contributed by atoms with Crippen LogP contribution in [0.5, 0.6) is 0 Å². The van der Waals surface area contributed by atoms with E-state index in [1.165, 1.54) is 14.0 Å². The molecule has 2 N–H and O–H groups in total. The lowest BCUT2D eigenvalue weighted by atomic mass is 9.79. The maximum atomic E-state index is 12.4. The first-order chi connectivity index (χ1) is 13.4. The number of methoxy groups -OCH3 is 1. The maximum absolute atomic E-state index is 12.4. The first kappa shape index (κ1) is 25.2. The Balaban J connectivity index is 3.31. The van der Waals surface area contributed by atoms with E-state index in [2.05, 4.69) is 5.32 Å². The molecule has 0 saturated heterocycles. The minimum absolute atomic E-state index is 0.0999. The molecule has 8 heteroatoms. The summed E-state index contributed by atoms with van der Waals surface area (Å²) in [6, 6.07) is -0.872. The Morgan fingerprint density at radius 2 is 1.76 bits per heavy atom. The van der Waals surface area contributed by atoms with Crippen molar-refractivity contribution in [1.29, 1.82) is 0 Å². The van der Waals surface area contributed by atoms with Crippen LogP contribution in [0.2, 0.25) is 0 Å². The van der Waals surface area contributed by atoms with Gasteiger partial charge in [-0.05, 0) is 33.1 Å². The highest BCUT2D eigenvalue weighted by atomic mass is 16.6. The molecule has 1 saturated carbocycles. The van der Waals surface area contributed by atoms with Crippen LogP contribution in [0.25, 0.3) is 0 Å². The third-order valence-corrected chi connectivity index (χ3v) is 5.86. The molecule has 1 aliphatic carbocycles. The average Bonchev–Trinajstić information content (AvgIpc) is 2.92. The van der Waals surface area contributed by atoms with Crippen molar-refractivity contribution in [2.45, 2.75) is 84.6 Å². The van der Waals surface area contributed by atoms with Gasteiger partial charge in [-0.25, -0.2) is 4.79 Å². The van der Waals surface area contributed by atoms with Crippen molar-refractivity contribution < 1.29 is 29.0 Å². The predicted octanol–water partition coefficient (Wildman–Crippen LogP) is 2.33. The fourth-order valence-electron chi connectivity index (χ4n) is 4.39.